The fourth-order valence-corrected chi connectivity index (χ4v) is 2.32. The highest BCUT2D eigenvalue weighted by molar-refractivity contribution is 5.51. The van der Waals surface area contributed by atoms with Crippen LogP contribution in [0.2, 0.25) is 0 Å². The lowest BCUT2D eigenvalue weighted by Gasteiger charge is -2.10. The lowest BCUT2D eigenvalue weighted by Crippen LogP contribution is -2.00. The van der Waals surface area contributed by atoms with E-state index in [1.165, 1.54) is 27.8 Å². The minimum absolute atomic E-state index is 1.08. The molecule has 1 aliphatic rings. The van der Waals surface area contributed by atoms with Crippen LogP contribution >= 0.6 is 0 Å². The fraction of sp³-hybridized carbons (Fsp3) is 0.176. The minimum atomic E-state index is 1.08. The Hall–Kier alpha value is -2.00. The molecular weight excluding hydrogens is 204 g/mol. The first-order valence-electron chi connectivity index (χ1n) is 6.02. The van der Waals surface area contributed by atoms with Gasteiger partial charge in [0.1, 0.15) is 0 Å². The van der Waals surface area contributed by atoms with Gasteiger partial charge in [0, 0.05) is 11.1 Å². The maximum Gasteiger partial charge on any atom is 0.0281 e. The number of aryl methyl sites for hydroxylation is 3. The van der Waals surface area contributed by atoms with Gasteiger partial charge in [0.15, 0.2) is 0 Å². The van der Waals surface area contributed by atoms with Crippen LogP contribution in [-0.2, 0) is 12.8 Å². The van der Waals surface area contributed by atoms with E-state index in [0.29, 0.717) is 0 Å². The zero-order valence-corrected chi connectivity index (χ0v) is 9.96. The molecule has 0 saturated heterocycles. The van der Waals surface area contributed by atoms with Crippen molar-refractivity contribution in [2.24, 2.45) is 0 Å². The van der Waals surface area contributed by atoms with E-state index in [1.807, 2.05) is 0 Å². The second kappa shape index (κ2) is 4.11. The highest BCUT2D eigenvalue weighted by Crippen LogP contribution is 2.18. The first-order chi connectivity index (χ1) is 8.33. The lowest BCUT2D eigenvalue weighted by atomic mass is 9.93. The molecule has 0 amide bonds. The van der Waals surface area contributed by atoms with Gasteiger partial charge in [-0.25, -0.2) is 0 Å². The van der Waals surface area contributed by atoms with Crippen molar-refractivity contribution in [2.75, 3.05) is 0 Å². The van der Waals surface area contributed by atoms with E-state index >= 15 is 0 Å². The Bertz CT molecular complexity index is 624. The predicted octanol–water partition coefficient (Wildman–Crippen LogP) is 3.49. The SMILES string of the molecule is Cc1ccc2c(c1)CCc1ccccc1C#C2. The van der Waals surface area contributed by atoms with Gasteiger partial charge in [-0.15, -0.1) is 0 Å². The van der Waals surface area contributed by atoms with E-state index in [9.17, 15) is 0 Å². The molecule has 0 aromatic heterocycles. The molecule has 0 nitrogen and oxygen atoms in total. The summed E-state index contributed by atoms with van der Waals surface area (Å²) in [6, 6.07) is 15.0. The van der Waals surface area contributed by atoms with Gasteiger partial charge < -0.3 is 0 Å². The van der Waals surface area contributed by atoms with Crippen molar-refractivity contribution in [1.29, 1.82) is 0 Å². The van der Waals surface area contributed by atoms with Crippen LogP contribution in [0.3, 0.4) is 0 Å². The number of benzene rings is 2. The maximum atomic E-state index is 3.30. The van der Waals surface area contributed by atoms with Gasteiger partial charge in [-0.05, 0) is 43.0 Å². The summed E-state index contributed by atoms with van der Waals surface area (Å²) >= 11 is 0. The van der Waals surface area contributed by atoms with Gasteiger partial charge in [-0.1, -0.05) is 47.7 Å². The molecule has 0 aliphatic heterocycles. The molecule has 0 radical (unpaired) electrons. The van der Waals surface area contributed by atoms with Crippen molar-refractivity contribution in [3.8, 4) is 11.8 Å². The zero-order chi connectivity index (χ0) is 11.7. The quantitative estimate of drug-likeness (QED) is 0.594. The Morgan fingerprint density at radius 1 is 0.824 bits per heavy atom. The highest BCUT2D eigenvalue weighted by Gasteiger charge is 2.06. The molecule has 0 fully saturated rings. The van der Waals surface area contributed by atoms with E-state index < -0.39 is 0 Å². The average Bonchev–Trinajstić information content (AvgIpc) is 2.33. The summed E-state index contributed by atoms with van der Waals surface area (Å²) in [5.74, 6) is 6.59. The van der Waals surface area contributed by atoms with Crippen molar-refractivity contribution in [1.82, 2.24) is 0 Å². The van der Waals surface area contributed by atoms with Crippen LogP contribution in [0.4, 0.5) is 0 Å². The lowest BCUT2D eigenvalue weighted by molar-refractivity contribution is 0.948. The number of hydrogen-bond acceptors (Lipinski definition) is 0. The van der Waals surface area contributed by atoms with Gasteiger partial charge in [0.05, 0.1) is 0 Å². The van der Waals surface area contributed by atoms with Crippen molar-refractivity contribution >= 4 is 0 Å². The number of hydrogen-bond donors (Lipinski definition) is 0. The third-order valence-electron chi connectivity index (χ3n) is 3.27. The largest absolute Gasteiger partial charge is 0.0619 e. The maximum absolute atomic E-state index is 3.30. The van der Waals surface area contributed by atoms with Gasteiger partial charge in [-0.3, -0.25) is 0 Å². The van der Waals surface area contributed by atoms with Crippen LogP contribution in [0.5, 0.6) is 0 Å². The Morgan fingerprint density at radius 2 is 1.53 bits per heavy atom. The standard InChI is InChI=1S/C17H14/c1-13-6-7-16-9-8-14-4-2-3-5-15(14)10-11-17(16)12-13/h2-7,12H,10-11H2,1H3. The molecule has 2 aromatic rings. The Balaban J connectivity index is 2.14. The first-order valence-corrected chi connectivity index (χ1v) is 6.02. The molecule has 0 spiro atoms. The molecule has 0 N–H and O–H groups in total. The molecular formula is C17H14. The number of fused-ring (bicyclic) bond motifs is 2. The molecule has 0 atom stereocenters. The average molecular weight is 218 g/mol. The van der Waals surface area contributed by atoms with Gasteiger partial charge in [0.2, 0.25) is 0 Å². The van der Waals surface area contributed by atoms with E-state index in [2.05, 4.69) is 61.2 Å². The summed E-state index contributed by atoms with van der Waals surface area (Å²) in [4.78, 5) is 0. The molecule has 82 valence electrons. The van der Waals surface area contributed by atoms with Gasteiger partial charge in [0.25, 0.3) is 0 Å². The molecule has 3 rings (SSSR count). The Kier molecular flexibility index (Phi) is 2.46. The van der Waals surface area contributed by atoms with E-state index in [4.69, 9.17) is 0 Å². The molecule has 0 unspecified atom stereocenters. The fourth-order valence-electron chi connectivity index (χ4n) is 2.32. The Labute approximate surface area is 102 Å². The van der Waals surface area contributed by atoms with Crippen molar-refractivity contribution in [3.05, 3.63) is 70.3 Å². The topological polar surface area (TPSA) is 0 Å². The summed E-state index contributed by atoms with van der Waals surface area (Å²) in [6.45, 7) is 2.14. The molecule has 1 aliphatic carbocycles. The molecule has 2 aromatic carbocycles. The molecule has 0 heteroatoms. The van der Waals surface area contributed by atoms with E-state index in [0.717, 1.165) is 12.8 Å². The molecule has 17 heavy (non-hydrogen) atoms. The first kappa shape index (κ1) is 10.2. The van der Waals surface area contributed by atoms with Crippen LogP contribution in [0.15, 0.2) is 42.5 Å². The van der Waals surface area contributed by atoms with Crippen molar-refractivity contribution < 1.29 is 0 Å². The second-order valence-electron chi connectivity index (χ2n) is 4.57. The van der Waals surface area contributed by atoms with Crippen LogP contribution in [0, 0.1) is 18.8 Å². The summed E-state index contributed by atoms with van der Waals surface area (Å²) in [7, 11) is 0. The summed E-state index contributed by atoms with van der Waals surface area (Å²) in [6.07, 6.45) is 2.17. The van der Waals surface area contributed by atoms with Gasteiger partial charge in [-0.2, -0.15) is 0 Å². The molecule has 0 bridgehead atoms. The van der Waals surface area contributed by atoms with Gasteiger partial charge >= 0.3 is 0 Å². The summed E-state index contributed by atoms with van der Waals surface area (Å²) in [5, 5.41) is 0. The number of rotatable bonds is 0. The predicted molar refractivity (Wildman–Crippen MR) is 71.0 cm³/mol. The highest BCUT2D eigenvalue weighted by atomic mass is 14.1. The van der Waals surface area contributed by atoms with Crippen LogP contribution in [0.1, 0.15) is 27.8 Å². The Morgan fingerprint density at radius 3 is 2.41 bits per heavy atom. The third-order valence-corrected chi connectivity index (χ3v) is 3.27. The smallest absolute Gasteiger partial charge is 0.0281 e. The van der Waals surface area contributed by atoms with Crippen LogP contribution in [0.25, 0.3) is 0 Å². The van der Waals surface area contributed by atoms with E-state index in [-0.39, 0.29) is 0 Å². The molecule has 0 heterocycles. The van der Waals surface area contributed by atoms with E-state index in [1.54, 1.807) is 0 Å². The summed E-state index contributed by atoms with van der Waals surface area (Å²) in [5.41, 5.74) is 6.43. The van der Waals surface area contributed by atoms with Crippen LogP contribution in [-0.4, -0.2) is 0 Å². The van der Waals surface area contributed by atoms with Crippen LogP contribution < -0.4 is 0 Å². The third kappa shape index (κ3) is 1.97. The minimum Gasteiger partial charge on any atom is -0.0619 e. The monoisotopic (exact) mass is 218 g/mol. The van der Waals surface area contributed by atoms with Crippen molar-refractivity contribution in [3.63, 3.8) is 0 Å². The normalized spacial score (nSPS) is 12.5. The molecule has 0 saturated carbocycles. The second-order valence-corrected chi connectivity index (χ2v) is 4.57. The zero-order valence-electron chi connectivity index (χ0n) is 9.96. The summed E-state index contributed by atoms with van der Waals surface area (Å²) < 4.78 is 0. The van der Waals surface area contributed by atoms with Crippen molar-refractivity contribution in [2.45, 2.75) is 19.8 Å².